The minimum absolute atomic E-state index is 0.0924. The third-order valence-electron chi connectivity index (χ3n) is 9.78. The highest BCUT2D eigenvalue weighted by Crippen LogP contribution is 2.12. The lowest BCUT2D eigenvalue weighted by molar-refractivity contribution is -0.167. The van der Waals surface area contributed by atoms with Crippen LogP contribution in [-0.2, 0) is 28.6 Å². The van der Waals surface area contributed by atoms with Crippen molar-refractivity contribution in [3.63, 3.8) is 0 Å². The van der Waals surface area contributed by atoms with Gasteiger partial charge in [-0.3, -0.25) is 14.4 Å². The number of esters is 3. The molecule has 0 aliphatic rings. The number of allylic oxidation sites excluding steroid dienone is 10. The van der Waals surface area contributed by atoms with Crippen molar-refractivity contribution in [3.05, 3.63) is 60.8 Å². The molecule has 0 aromatic rings. The van der Waals surface area contributed by atoms with Gasteiger partial charge in [0.05, 0.1) is 0 Å². The monoisotopic (exact) mass is 783 g/mol. The van der Waals surface area contributed by atoms with Gasteiger partial charge in [-0.25, -0.2) is 0 Å². The predicted octanol–water partition coefficient (Wildman–Crippen LogP) is 14.9. The second-order valence-corrected chi connectivity index (χ2v) is 15.4. The fourth-order valence-electron chi connectivity index (χ4n) is 6.17. The van der Waals surface area contributed by atoms with Crippen molar-refractivity contribution >= 4 is 17.9 Å². The second kappa shape index (κ2) is 44.8. The molecule has 1 atom stereocenters. The van der Waals surface area contributed by atoms with Crippen LogP contribution in [0.4, 0.5) is 0 Å². The van der Waals surface area contributed by atoms with E-state index in [2.05, 4.69) is 81.5 Å². The van der Waals surface area contributed by atoms with Gasteiger partial charge in [0.15, 0.2) is 6.10 Å². The van der Waals surface area contributed by atoms with Gasteiger partial charge < -0.3 is 14.2 Å². The molecule has 0 spiro atoms. The van der Waals surface area contributed by atoms with Crippen molar-refractivity contribution in [1.29, 1.82) is 0 Å². The van der Waals surface area contributed by atoms with Crippen molar-refractivity contribution in [2.45, 2.75) is 226 Å². The molecule has 6 nitrogen and oxygen atoms in total. The summed E-state index contributed by atoms with van der Waals surface area (Å²) in [6.45, 7) is 6.48. The lowest BCUT2D eigenvalue weighted by Gasteiger charge is -2.18. The summed E-state index contributed by atoms with van der Waals surface area (Å²) in [5, 5.41) is 0. The Morgan fingerprint density at radius 3 is 1.09 bits per heavy atom. The van der Waals surface area contributed by atoms with Gasteiger partial charge in [0, 0.05) is 19.3 Å². The van der Waals surface area contributed by atoms with Crippen molar-refractivity contribution < 1.29 is 28.6 Å². The van der Waals surface area contributed by atoms with Gasteiger partial charge >= 0.3 is 17.9 Å². The van der Waals surface area contributed by atoms with E-state index >= 15 is 0 Å². The maximum Gasteiger partial charge on any atom is 0.306 e. The highest BCUT2D eigenvalue weighted by atomic mass is 16.6. The standard InChI is InChI=1S/C50H86O6/c1-4-7-10-13-16-19-22-23-24-25-26-27-28-29-32-34-37-40-43-49(52)55-46-47(56-50(53)44-41-38-35-31-21-18-15-12-9-6-3)45-54-48(51)42-39-36-33-30-20-17-14-11-8-5-2/h14-15,17-18,22-27,47H,4-13,16,19-21,28-46H2,1-3H3/b17-14-,18-15-,23-22-,25-24-,27-26-. The average Bonchev–Trinajstić information content (AvgIpc) is 3.19. The van der Waals surface area contributed by atoms with Crippen LogP contribution in [0.15, 0.2) is 60.8 Å². The summed E-state index contributed by atoms with van der Waals surface area (Å²) in [5.74, 6) is -0.943. The summed E-state index contributed by atoms with van der Waals surface area (Å²) in [7, 11) is 0. The largest absolute Gasteiger partial charge is 0.462 e. The Kier molecular flexibility index (Phi) is 42.5. The predicted molar refractivity (Wildman–Crippen MR) is 238 cm³/mol. The highest BCUT2D eigenvalue weighted by molar-refractivity contribution is 5.71. The molecule has 0 aliphatic heterocycles. The smallest absolute Gasteiger partial charge is 0.306 e. The third kappa shape index (κ3) is 42.3. The van der Waals surface area contributed by atoms with Gasteiger partial charge in [-0.15, -0.1) is 0 Å². The summed E-state index contributed by atoms with van der Waals surface area (Å²) in [4.78, 5) is 37.7. The number of unbranched alkanes of at least 4 members (excludes halogenated alkanes) is 22. The van der Waals surface area contributed by atoms with Crippen molar-refractivity contribution in [1.82, 2.24) is 0 Å². The lowest BCUT2D eigenvalue weighted by Crippen LogP contribution is -2.30. The summed E-state index contributed by atoms with van der Waals surface area (Å²) in [5.41, 5.74) is 0. The van der Waals surface area contributed by atoms with E-state index in [1.165, 1.54) is 64.2 Å². The maximum absolute atomic E-state index is 12.7. The zero-order chi connectivity index (χ0) is 40.8. The number of hydrogen-bond acceptors (Lipinski definition) is 6. The SMILES string of the molecule is CCCC/C=C\CCCCCCC(=O)OCC(COC(=O)CCCCCCC\C=C/C=C\C=C/CCCCCCC)OC(=O)CCCCCC/C=C\CCCC. The Hall–Kier alpha value is -2.89. The molecule has 0 saturated heterocycles. The van der Waals surface area contributed by atoms with Gasteiger partial charge in [-0.05, 0) is 83.5 Å². The molecule has 0 fully saturated rings. The molecular formula is C50H86O6. The molecule has 1 unspecified atom stereocenters. The van der Waals surface area contributed by atoms with Crippen molar-refractivity contribution in [2.75, 3.05) is 13.2 Å². The second-order valence-electron chi connectivity index (χ2n) is 15.4. The molecule has 322 valence electrons. The Bertz CT molecular complexity index is 1040. The number of ether oxygens (including phenoxy) is 3. The summed E-state index contributed by atoms with van der Waals surface area (Å²) in [6, 6.07) is 0. The molecule has 0 aromatic carbocycles. The molecule has 0 heterocycles. The van der Waals surface area contributed by atoms with Crippen LogP contribution >= 0.6 is 0 Å². The van der Waals surface area contributed by atoms with E-state index in [1.54, 1.807) is 0 Å². The molecule has 0 N–H and O–H groups in total. The van der Waals surface area contributed by atoms with Gasteiger partial charge in [0.1, 0.15) is 13.2 Å². The van der Waals surface area contributed by atoms with Crippen LogP contribution in [0, 0.1) is 0 Å². The molecule has 6 heteroatoms. The van der Waals surface area contributed by atoms with E-state index in [9.17, 15) is 14.4 Å². The number of carbonyl (C=O) groups excluding carboxylic acids is 3. The van der Waals surface area contributed by atoms with E-state index < -0.39 is 6.10 Å². The molecule has 0 radical (unpaired) electrons. The Balaban J connectivity index is 4.38. The summed E-state index contributed by atoms with van der Waals surface area (Å²) < 4.78 is 16.6. The molecule has 0 bridgehead atoms. The van der Waals surface area contributed by atoms with Crippen molar-refractivity contribution in [2.24, 2.45) is 0 Å². The van der Waals surface area contributed by atoms with Crippen molar-refractivity contribution in [3.8, 4) is 0 Å². The van der Waals surface area contributed by atoms with E-state index in [1.807, 2.05) is 0 Å². The highest BCUT2D eigenvalue weighted by Gasteiger charge is 2.19. The molecular weight excluding hydrogens is 697 g/mol. The molecule has 56 heavy (non-hydrogen) atoms. The first-order valence-corrected chi connectivity index (χ1v) is 23.3. The number of hydrogen-bond donors (Lipinski definition) is 0. The summed E-state index contributed by atoms with van der Waals surface area (Å²) >= 11 is 0. The van der Waals surface area contributed by atoms with E-state index in [4.69, 9.17) is 14.2 Å². The topological polar surface area (TPSA) is 78.9 Å². The molecule has 0 rings (SSSR count). The van der Waals surface area contributed by atoms with Crippen LogP contribution in [0.1, 0.15) is 220 Å². The number of carbonyl (C=O) groups is 3. The van der Waals surface area contributed by atoms with Gasteiger partial charge in [0.2, 0.25) is 0 Å². The van der Waals surface area contributed by atoms with Crippen LogP contribution in [0.25, 0.3) is 0 Å². The zero-order valence-corrected chi connectivity index (χ0v) is 36.6. The van der Waals surface area contributed by atoms with Crippen LogP contribution in [0.2, 0.25) is 0 Å². The first kappa shape index (κ1) is 53.1. The maximum atomic E-state index is 12.7. The van der Waals surface area contributed by atoms with Crippen LogP contribution in [0.5, 0.6) is 0 Å². The first-order valence-electron chi connectivity index (χ1n) is 23.3. The van der Waals surface area contributed by atoms with Crippen LogP contribution in [0.3, 0.4) is 0 Å². The van der Waals surface area contributed by atoms with Gasteiger partial charge in [0.25, 0.3) is 0 Å². The summed E-state index contributed by atoms with van der Waals surface area (Å²) in [6.07, 6.45) is 53.5. The molecule has 0 saturated carbocycles. The fraction of sp³-hybridized carbons (Fsp3) is 0.740. The number of rotatable bonds is 41. The molecule has 0 aromatic heterocycles. The molecule has 0 amide bonds. The Morgan fingerprint density at radius 2 is 0.679 bits per heavy atom. The lowest BCUT2D eigenvalue weighted by atomic mass is 10.1. The zero-order valence-electron chi connectivity index (χ0n) is 36.6. The Labute approximate surface area is 345 Å². The van der Waals surface area contributed by atoms with Crippen LogP contribution in [-0.4, -0.2) is 37.2 Å². The van der Waals surface area contributed by atoms with Gasteiger partial charge in [-0.1, -0.05) is 178 Å². The van der Waals surface area contributed by atoms with E-state index in [0.29, 0.717) is 19.3 Å². The fourth-order valence-corrected chi connectivity index (χ4v) is 6.17. The third-order valence-corrected chi connectivity index (χ3v) is 9.78. The van der Waals surface area contributed by atoms with Crippen LogP contribution < -0.4 is 0 Å². The minimum Gasteiger partial charge on any atom is -0.462 e. The quantitative estimate of drug-likeness (QED) is 0.0202. The normalized spacial score (nSPS) is 12.6. The van der Waals surface area contributed by atoms with E-state index in [-0.39, 0.29) is 31.1 Å². The average molecular weight is 783 g/mol. The first-order chi connectivity index (χ1) is 27.5. The van der Waals surface area contributed by atoms with E-state index in [0.717, 1.165) is 116 Å². The Morgan fingerprint density at radius 1 is 0.357 bits per heavy atom. The van der Waals surface area contributed by atoms with Gasteiger partial charge in [-0.2, -0.15) is 0 Å². The minimum atomic E-state index is -0.789. The molecule has 0 aliphatic carbocycles.